The molecule has 1 amide bonds. The smallest absolute Gasteiger partial charge is 0.248 e. The zero-order valence-corrected chi connectivity index (χ0v) is 16.2. The quantitative estimate of drug-likeness (QED) is 0.705. The number of anilines is 1. The van der Waals surface area contributed by atoms with E-state index < -0.39 is 10.0 Å². The zero-order chi connectivity index (χ0) is 19.9. The topological polar surface area (TPSA) is 105 Å². The number of sulfonamides is 1. The minimum atomic E-state index is -3.79. The summed E-state index contributed by atoms with van der Waals surface area (Å²) >= 11 is 0. The van der Waals surface area contributed by atoms with E-state index in [1.165, 1.54) is 17.0 Å². The lowest BCUT2D eigenvalue weighted by atomic mass is 10.1. The van der Waals surface area contributed by atoms with Crippen molar-refractivity contribution in [2.45, 2.75) is 24.8 Å². The fourth-order valence-electron chi connectivity index (χ4n) is 3.10. The normalized spacial score (nSPS) is 13.8. The van der Waals surface area contributed by atoms with Crippen molar-refractivity contribution in [1.82, 2.24) is 14.9 Å². The number of benzene rings is 2. The third kappa shape index (κ3) is 3.30. The molecule has 0 spiro atoms. The van der Waals surface area contributed by atoms with E-state index >= 15 is 0 Å². The van der Waals surface area contributed by atoms with Crippen molar-refractivity contribution in [3.05, 3.63) is 59.5 Å². The Labute approximate surface area is 162 Å². The van der Waals surface area contributed by atoms with E-state index in [0.29, 0.717) is 11.5 Å². The van der Waals surface area contributed by atoms with Gasteiger partial charge in [-0.1, -0.05) is 18.2 Å². The molecule has 0 unspecified atom stereocenters. The Bertz CT molecular complexity index is 1170. The first-order valence-corrected chi connectivity index (χ1v) is 10.1. The summed E-state index contributed by atoms with van der Waals surface area (Å²) < 4.78 is 33.2. The minimum absolute atomic E-state index is 0.0629. The third-order valence-corrected chi connectivity index (χ3v) is 6.09. The van der Waals surface area contributed by atoms with Gasteiger partial charge in [0.1, 0.15) is 0 Å². The van der Waals surface area contributed by atoms with Crippen molar-refractivity contribution in [3.63, 3.8) is 0 Å². The lowest BCUT2D eigenvalue weighted by molar-refractivity contribution is -0.117. The monoisotopic (exact) mass is 398 g/mol. The van der Waals surface area contributed by atoms with Gasteiger partial charge in [0, 0.05) is 18.3 Å². The van der Waals surface area contributed by atoms with Gasteiger partial charge in [-0.2, -0.15) is 0 Å². The Balaban J connectivity index is 1.50. The number of aryl methyl sites for hydroxylation is 1. The van der Waals surface area contributed by atoms with Crippen molar-refractivity contribution in [2.24, 2.45) is 0 Å². The Kier molecular flexibility index (Phi) is 4.48. The first-order chi connectivity index (χ1) is 13.3. The number of nitrogens with zero attached hydrogens (tertiary/aromatic N) is 3. The second-order valence-corrected chi connectivity index (χ2v) is 8.33. The molecule has 28 heavy (non-hydrogen) atoms. The van der Waals surface area contributed by atoms with E-state index in [1.54, 1.807) is 13.1 Å². The van der Waals surface area contributed by atoms with E-state index in [2.05, 4.69) is 14.9 Å². The van der Waals surface area contributed by atoms with Crippen LogP contribution in [-0.2, 0) is 27.8 Å². The van der Waals surface area contributed by atoms with E-state index in [1.807, 2.05) is 31.2 Å². The maximum atomic E-state index is 12.6. The highest BCUT2D eigenvalue weighted by atomic mass is 32.2. The molecule has 8 nitrogen and oxygen atoms in total. The molecule has 0 aliphatic carbocycles. The number of carbonyl (C=O) groups excluding carboxylic acids is 1. The first kappa shape index (κ1) is 18.3. The summed E-state index contributed by atoms with van der Waals surface area (Å²) in [6.07, 6.45) is 0.193. The average Bonchev–Trinajstić information content (AvgIpc) is 3.25. The summed E-state index contributed by atoms with van der Waals surface area (Å²) in [5, 5.41) is 7.90. The standard InChI is InChI=1S/C19H18N4O4S/c1-12-5-3-4-6-15(12)19-22-21-17(27-19)11-20-28(25,26)14-7-8-16-13(9-14)10-18(24)23(16)2/h3-9,20H,10-11H2,1-2H3. The molecule has 9 heteroatoms. The fraction of sp³-hybridized carbons (Fsp3) is 0.211. The second kappa shape index (κ2) is 6.84. The predicted molar refractivity (Wildman–Crippen MR) is 102 cm³/mol. The summed E-state index contributed by atoms with van der Waals surface area (Å²) in [5.41, 5.74) is 3.20. The van der Waals surface area contributed by atoms with Gasteiger partial charge in [0.15, 0.2) is 0 Å². The van der Waals surface area contributed by atoms with Crippen LogP contribution >= 0.6 is 0 Å². The van der Waals surface area contributed by atoms with Crippen LogP contribution in [0.4, 0.5) is 5.69 Å². The number of rotatable bonds is 5. The second-order valence-electron chi connectivity index (χ2n) is 6.56. The number of hydrogen-bond acceptors (Lipinski definition) is 6. The molecular formula is C19H18N4O4S. The van der Waals surface area contributed by atoms with Crippen molar-refractivity contribution in [1.29, 1.82) is 0 Å². The molecule has 4 rings (SSSR count). The van der Waals surface area contributed by atoms with Crippen LogP contribution < -0.4 is 9.62 Å². The molecule has 0 saturated heterocycles. The number of hydrogen-bond donors (Lipinski definition) is 1. The average molecular weight is 398 g/mol. The van der Waals surface area contributed by atoms with Crippen LogP contribution in [-0.4, -0.2) is 31.6 Å². The lowest BCUT2D eigenvalue weighted by Gasteiger charge is -2.11. The summed E-state index contributed by atoms with van der Waals surface area (Å²) in [7, 11) is -2.12. The van der Waals surface area contributed by atoms with Gasteiger partial charge in [-0.25, -0.2) is 13.1 Å². The summed E-state index contributed by atoms with van der Waals surface area (Å²) in [4.78, 5) is 13.4. The predicted octanol–water partition coefficient (Wildman–Crippen LogP) is 2.04. The van der Waals surface area contributed by atoms with Crippen molar-refractivity contribution >= 4 is 21.6 Å². The molecule has 2 aromatic carbocycles. The minimum Gasteiger partial charge on any atom is -0.419 e. The van der Waals surface area contributed by atoms with Crippen molar-refractivity contribution in [2.75, 3.05) is 11.9 Å². The van der Waals surface area contributed by atoms with Crippen LogP contribution in [0.3, 0.4) is 0 Å². The molecule has 0 atom stereocenters. The van der Waals surface area contributed by atoms with Gasteiger partial charge < -0.3 is 9.32 Å². The van der Waals surface area contributed by atoms with E-state index in [9.17, 15) is 13.2 Å². The van der Waals surface area contributed by atoms with Gasteiger partial charge in [0.05, 0.1) is 17.9 Å². The molecule has 0 radical (unpaired) electrons. The highest BCUT2D eigenvalue weighted by Crippen LogP contribution is 2.29. The maximum absolute atomic E-state index is 12.6. The van der Waals surface area contributed by atoms with Crippen LogP contribution in [0.2, 0.25) is 0 Å². The molecule has 0 fully saturated rings. The van der Waals surface area contributed by atoms with E-state index in [-0.39, 0.29) is 29.7 Å². The molecule has 2 heterocycles. The van der Waals surface area contributed by atoms with Crippen LogP contribution in [0.5, 0.6) is 0 Å². The number of aromatic nitrogens is 2. The SMILES string of the molecule is Cc1ccccc1-c1nnc(CNS(=O)(=O)c2ccc3c(c2)CC(=O)N3C)o1. The maximum Gasteiger partial charge on any atom is 0.248 e. The largest absolute Gasteiger partial charge is 0.419 e. The zero-order valence-electron chi connectivity index (χ0n) is 15.3. The first-order valence-electron chi connectivity index (χ1n) is 8.63. The van der Waals surface area contributed by atoms with Gasteiger partial charge in [-0.05, 0) is 42.3 Å². The highest BCUT2D eigenvalue weighted by molar-refractivity contribution is 7.89. The number of likely N-dealkylation sites (N-methyl/N-ethyl adjacent to an activating group) is 1. The van der Waals surface area contributed by atoms with E-state index in [4.69, 9.17) is 4.42 Å². The fourth-order valence-corrected chi connectivity index (χ4v) is 4.13. The number of nitrogens with one attached hydrogen (secondary N) is 1. The highest BCUT2D eigenvalue weighted by Gasteiger charge is 2.26. The molecule has 144 valence electrons. The van der Waals surface area contributed by atoms with Gasteiger partial charge in [-0.3, -0.25) is 4.79 Å². The van der Waals surface area contributed by atoms with Gasteiger partial charge in [0.2, 0.25) is 27.7 Å². The molecule has 1 aliphatic rings. The van der Waals surface area contributed by atoms with Crippen molar-refractivity contribution < 1.29 is 17.6 Å². The summed E-state index contributed by atoms with van der Waals surface area (Å²) in [6.45, 7) is 1.80. The lowest BCUT2D eigenvalue weighted by Crippen LogP contribution is -2.23. The number of amides is 1. The molecule has 1 aliphatic heterocycles. The van der Waals surface area contributed by atoms with Crippen molar-refractivity contribution in [3.8, 4) is 11.5 Å². The van der Waals surface area contributed by atoms with Gasteiger partial charge in [-0.15, -0.1) is 10.2 Å². The molecule has 1 N–H and O–H groups in total. The molecule has 0 bridgehead atoms. The number of carbonyl (C=O) groups is 1. The van der Waals surface area contributed by atoms with Gasteiger partial charge in [0.25, 0.3) is 0 Å². The molecular weight excluding hydrogens is 380 g/mol. The van der Waals surface area contributed by atoms with Crippen LogP contribution in [0.1, 0.15) is 17.0 Å². The summed E-state index contributed by atoms with van der Waals surface area (Å²) in [5.74, 6) is 0.441. The molecule has 1 aromatic heterocycles. The Morgan fingerprint density at radius 2 is 1.96 bits per heavy atom. The number of fused-ring (bicyclic) bond motifs is 1. The van der Waals surface area contributed by atoms with Crippen LogP contribution in [0.25, 0.3) is 11.5 Å². The van der Waals surface area contributed by atoms with Crippen LogP contribution in [0.15, 0.2) is 51.8 Å². The Morgan fingerprint density at radius 1 is 1.18 bits per heavy atom. The molecule has 3 aromatic rings. The van der Waals surface area contributed by atoms with Crippen LogP contribution in [0, 0.1) is 6.92 Å². The molecule has 0 saturated carbocycles. The van der Waals surface area contributed by atoms with Gasteiger partial charge >= 0.3 is 0 Å². The Morgan fingerprint density at radius 3 is 2.75 bits per heavy atom. The van der Waals surface area contributed by atoms with E-state index in [0.717, 1.165) is 16.8 Å². The third-order valence-electron chi connectivity index (χ3n) is 4.69. The summed E-state index contributed by atoms with van der Waals surface area (Å²) in [6, 6.07) is 12.2. The Hall–Kier alpha value is -3.04.